The molecular weight excluding hydrogens is 189 g/mol. The Balaban J connectivity index is 2.24. The van der Waals surface area contributed by atoms with E-state index in [0.29, 0.717) is 9.92 Å². The van der Waals surface area contributed by atoms with Crippen LogP contribution in [0.2, 0.25) is 0 Å². The molecule has 3 nitrogen and oxygen atoms in total. The van der Waals surface area contributed by atoms with Gasteiger partial charge in [0.05, 0.1) is 6.20 Å². The zero-order valence-corrected chi connectivity index (χ0v) is 7.38. The van der Waals surface area contributed by atoms with Gasteiger partial charge in [-0.3, -0.25) is 0 Å². The first-order valence-electron chi connectivity index (χ1n) is 3.64. The summed E-state index contributed by atoms with van der Waals surface area (Å²) in [6, 6.07) is 6.56. The van der Waals surface area contributed by atoms with Crippen molar-refractivity contribution in [2.75, 3.05) is 0 Å². The van der Waals surface area contributed by atoms with Crippen LogP contribution in [0.25, 0.3) is 0 Å². The summed E-state index contributed by atoms with van der Waals surface area (Å²) in [5.74, 6) is -0.240. The first-order valence-corrected chi connectivity index (χ1v) is 4.46. The van der Waals surface area contributed by atoms with Crippen molar-refractivity contribution in [2.24, 2.45) is 0 Å². The average Bonchev–Trinajstić information content (AvgIpc) is 2.61. The minimum absolute atomic E-state index is 0.240. The zero-order valence-electron chi connectivity index (χ0n) is 6.57. The van der Waals surface area contributed by atoms with Crippen molar-refractivity contribution >= 4 is 11.8 Å². The van der Waals surface area contributed by atoms with E-state index in [1.807, 2.05) is 0 Å². The van der Waals surface area contributed by atoms with Crippen molar-refractivity contribution in [2.45, 2.75) is 9.92 Å². The number of rotatable bonds is 2. The van der Waals surface area contributed by atoms with Gasteiger partial charge in [0.15, 0.2) is 0 Å². The van der Waals surface area contributed by atoms with Crippen LogP contribution in [0.5, 0.6) is 0 Å². The molecule has 0 aliphatic heterocycles. The molecule has 1 aromatic heterocycles. The molecule has 0 spiro atoms. The minimum atomic E-state index is -0.240. The van der Waals surface area contributed by atoms with Crippen molar-refractivity contribution in [1.29, 1.82) is 0 Å². The molecule has 0 fully saturated rings. The molecule has 0 radical (unpaired) electrons. The van der Waals surface area contributed by atoms with E-state index in [1.54, 1.807) is 24.4 Å². The lowest BCUT2D eigenvalue weighted by molar-refractivity contribution is 0.602. The number of hydrogen-bond acceptors (Lipinski definition) is 3. The number of nitrogens with zero attached hydrogens (tertiary/aromatic N) is 2. The molecule has 5 heteroatoms. The summed E-state index contributed by atoms with van der Waals surface area (Å²) in [5, 5.41) is 10.6. The predicted molar refractivity (Wildman–Crippen MR) is 46.9 cm³/mol. The van der Waals surface area contributed by atoms with Gasteiger partial charge in [-0.25, -0.2) is 4.39 Å². The number of halogens is 1. The molecule has 0 saturated carbocycles. The van der Waals surface area contributed by atoms with E-state index >= 15 is 0 Å². The molecule has 1 N–H and O–H groups in total. The molecule has 13 heavy (non-hydrogen) atoms. The molecule has 0 aliphatic carbocycles. The summed E-state index contributed by atoms with van der Waals surface area (Å²) in [7, 11) is 0. The van der Waals surface area contributed by atoms with Gasteiger partial charge in [-0.15, -0.1) is 5.10 Å². The van der Waals surface area contributed by atoms with Gasteiger partial charge in [-0.05, 0) is 12.1 Å². The van der Waals surface area contributed by atoms with Crippen molar-refractivity contribution in [3.63, 3.8) is 0 Å². The standard InChI is InChI=1S/C8H6FN3S/c9-6-3-1-2-4-7(6)13-8-5-10-12-11-8/h1-5H,(H,10,11,12). The summed E-state index contributed by atoms with van der Waals surface area (Å²) in [6.45, 7) is 0. The van der Waals surface area contributed by atoms with Crippen LogP contribution in [0.3, 0.4) is 0 Å². The molecule has 1 heterocycles. The number of nitrogens with one attached hydrogen (secondary N) is 1. The summed E-state index contributed by atoms with van der Waals surface area (Å²) < 4.78 is 13.1. The van der Waals surface area contributed by atoms with Gasteiger partial charge >= 0.3 is 0 Å². The molecule has 2 rings (SSSR count). The zero-order chi connectivity index (χ0) is 9.10. The maximum Gasteiger partial charge on any atom is 0.143 e. The third-order valence-electron chi connectivity index (χ3n) is 1.44. The number of hydrogen-bond donors (Lipinski definition) is 1. The molecule has 0 saturated heterocycles. The SMILES string of the molecule is Fc1ccccc1Sc1cn[nH]n1. The lowest BCUT2D eigenvalue weighted by Crippen LogP contribution is -1.79. The van der Waals surface area contributed by atoms with Gasteiger partial charge in [0.2, 0.25) is 0 Å². The molecule has 66 valence electrons. The first-order chi connectivity index (χ1) is 6.36. The topological polar surface area (TPSA) is 41.6 Å². The molecule has 0 atom stereocenters. The Hall–Kier alpha value is -1.36. The highest BCUT2D eigenvalue weighted by Crippen LogP contribution is 2.26. The van der Waals surface area contributed by atoms with E-state index < -0.39 is 0 Å². The van der Waals surface area contributed by atoms with Crippen LogP contribution in [0.1, 0.15) is 0 Å². The van der Waals surface area contributed by atoms with Crippen LogP contribution in [-0.4, -0.2) is 15.4 Å². The summed E-state index contributed by atoms with van der Waals surface area (Å²) >= 11 is 1.24. The molecule has 0 amide bonds. The van der Waals surface area contributed by atoms with Gasteiger partial charge in [-0.2, -0.15) is 10.3 Å². The normalized spacial score (nSPS) is 10.2. The highest BCUT2D eigenvalue weighted by atomic mass is 32.2. The second-order valence-electron chi connectivity index (χ2n) is 2.34. The average molecular weight is 195 g/mol. The summed E-state index contributed by atoms with van der Waals surface area (Å²) in [6.07, 6.45) is 1.55. The van der Waals surface area contributed by atoms with Crippen molar-refractivity contribution in [3.8, 4) is 0 Å². The van der Waals surface area contributed by atoms with Gasteiger partial charge in [0.1, 0.15) is 10.8 Å². The van der Waals surface area contributed by atoms with Gasteiger partial charge < -0.3 is 0 Å². The van der Waals surface area contributed by atoms with Crippen LogP contribution in [0, 0.1) is 5.82 Å². The van der Waals surface area contributed by atoms with E-state index in [2.05, 4.69) is 15.4 Å². The van der Waals surface area contributed by atoms with Gasteiger partial charge in [0, 0.05) is 4.90 Å². The van der Waals surface area contributed by atoms with Crippen LogP contribution in [-0.2, 0) is 0 Å². The van der Waals surface area contributed by atoms with E-state index in [4.69, 9.17) is 0 Å². The Morgan fingerprint density at radius 3 is 2.85 bits per heavy atom. The number of benzene rings is 1. The van der Waals surface area contributed by atoms with Gasteiger partial charge in [0.25, 0.3) is 0 Å². The minimum Gasteiger partial charge on any atom is -0.206 e. The van der Waals surface area contributed by atoms with Crippen LogP contribution >= 0.6 is 11.8 Å². The van der Waals surface area contributed by atoms with Gasteiger partial charge in [-0.1, -0.05) is 23.9 Å². The fourth-order valence-electron chi connectivity index (χ4n) is 0.880. The lowest BCUT2D eigenvalue weighted by atomic mass is 10.3. The number of aromatic nitrogens is 3. The van der Waals surface area contributed by atoms with Crippen molar-refractivity contribution < 1.29 is 4.39 Å². The Morgan fingerprint density at radius 2 is 2.15 bits per heavy atom. The highest BCUT2D eigenvalue weighted by Gasteiger charge is 2.04. The second kappa shape index (κ2) is 3.57. The second-order valence-corrected chi connectivity index (χ2v) is 3.40. The number of aromatic amines is 1. The Morgan fingerprint density at radius 1 is 1.31 bits per heavy atom. The molecule has 0 unspecified atom stereocenters. The molecule has 2 aromatic rings. The predicted octanol–water partition coefficient (Wildman–Crippen LogP) is 2.09. The smallest absolute Gasteiger partial charge is 0.143 e. The van der Waals surface area contributed by atoms with E-state index in [9.17, 15) is 4.39 Å². The van der Waals surface area contributed by atoms with Crippen LogP contribution < -0.4 is 0 Å². The largest absolute Gasteiger partial charge is 0.206 e. The van der Waals surface area contributed by atoms with Crippen molar-refractivity contribution in [1.82, 2.24) is 15.4 Å². The maximum absolute atomic E-state index is 13.1. The molecular formula is C8H6FN3S. The Bertz CT molecular complexity index is 388. The monoisotopic (exact) mass is 195 g/mol. The van der Waals surface area contributed by atoms with Crippen LogP contribution in [0.4, 0.5) is 4.39 Å². The van der Waals surface area contributed by atoms with E-state index in [0.717, 1.165) is 0 Å². The summed E-state index contributed by atoms with van der Waals surface area (Å²) in [4.78, 5) is 0.552. The van der Waals surface area contributed by atoms with E-state index in [-0.39, 0.29) is 5.82 Å². The summed E-state index contributed by atoms with van der Waals surface area (Å²) in [5.41, 5.74) is 0. The van der Waals surface area contributed by atoms with Crippen molar-refractivity contribution in [3.05, 3.63) is 36.3 Å². The highest BCUT2D eigenvalue weighted by molar-refractivity contribution is 7.99. The number of H-pyrrole nitrogens is 1. The molecule has 0 aliphatic rings. The third kappa shape index (κ3) is 1.86. The Kier molecular flexibility index (Phi) is 2.27. The molecule has 0 bridgehead atoms. The quantitative estimate of drug-likeness (QED) is 0.797. The van der Waals surface area contributed by atoms with Crippen LogP contribution in [0.15, 0.2) is 40.4 Å². The van der Waals surface area contributed by atoms with E-state index in [1.165, 1.54) is 17.8 Å². The lowest BCUT2D eigenvalue weighted by Gasteiger charge is -1.97. The fourth-order valence-corrected chi connectivity index (χ4v) is 1.61. The third-order valence-corrected chi connectivity index (χ3v) is 2.40. The fraction of sp³-hybridized carbons (Fsp3) is 0. The Labute approximate surface area is 78.4 Å². The maximum atomic E-state index is 13.1. The molecule has 1 aromatic carbocycles. The first kappa shape index (κ1) is 8.25.